The molecule has 70 valence electrons. The Balaban J connectivity index is 2.64. The minimum atomic E-state index is -2.88. The first-order valence-corrected chi connectivity index (χ1v) is 5.95. The van der Waals surface area contributed by atoms with Gasteiger partial charge in [0.15, 0.2) is 9.84 Å². The van der Waals surface area contributed by atoms with Gasteiger partial charge in [-0.2, -0.15) is 0 Å². The van der Waals surface area contributed by atoms with E-state index in [1.807, 2.05) is 13.8 Å². The molecule has 0 fully saturated rings. The van der Waals surface area contributed by atoms with Crippen LogP contribution in [0.1, 0.15) is 13.8 Å². The highest BCUT2D eigenvalue weighted by Crippen LogP contribution is 2.13. The first kappa shape index (κ1) is 9.74. The van der Waals surface area contributed by atoms with Crippen molar-refractivity contribution in [1.82, 2.24) is 4.90 Å². The van der Waals surface area contributed by atoms with Crippen LogP contribution in [0.4, 0.5) is 0 Å². The highest BCUT2D eigenvalue weighted by Gasteiger charge is 2.24. The number of hydrogen-bond acceptors (Lipinski definition) is 3. The number of sulfone groups is 1. The highest BCUT2D eigenvalue weighted by molar-refractivity contribution is 7.94. The normalized spacial score (nSPS) is 26.8. The average molecular weight is 189 g/mol. The maximum Gasteiger partial charge on any atom is 0.173 e. The Morgan fingerprint density at radius 1 is 1.42 bits per heavy atom. The molecule has 0 aromatic heterocycles. The average Bonchev–Trinajstić information content (AvgIpc) is 2.34. The minimum Gasteiger partial charge on any atom is -0.296 e. The van der Waals surface area contributed by atoms with Crippen LogP contribution in [0.5, 0.6) is 0 Å². The second-order valence-corrected chi connectivity index (χ2v) is 4.88. The van der Waals surface area contributed by atoms with Crippen LogP contribution in [0.15, 0.2) is 11.5 Å². The molecule has 0 radical (unpaired) electrons. The molecular weight excluding hydrogens is 174 g/mol. The lowest BCUT2D eigenvalue weighted by atomic mass is 10.3. The Kier molecular flexibility index (Phi) is 2.90. The smallest absolute Gasteiger partial charge is 0.173 e. The Morgan fingerprint density at radius 2 is 2.00 bits per heavy atom. The van der Waals surface area contributed by atoms with E-state index >= 15 is 0 Å². The van der Waals surface area contributed by atoms with E-state index in [9.17, 15) is 8.42 Å². The summed E-state index contributed by atoms with van der Waals surface area (Å²) in [6, 6.07) is 0.102. The van der Waals surface area contributed by atoms with Crippen LogP contribution in [0.2, 0.25) is 0 Å². The van der Waals surface area contributed by atoms with Crippen molar-refractivity contribution in [2.24, 2.45) is 0 Å². The van der Waals surface area contributed by atoms with E-state index in [1.54, 1.807) is 6.08 Å². The van der Waals surface area contributed by atoms with E-state index < -0.39 is 9.84 Å². The minimum absolute atomic E-state index is 0.102. The maximum absolute atomic E-state index is 11.1. The molecule has 1 rings (SSSR count). The molecule has 0 aliphatic carbocycles. The lowest BCUT2D eigenvalue weighted by molar-refractivity contribution is 0.272. The highest BCUT2D eigenvalue weighted by atomic mass is 32.2. The molecule has 1 heterocycles. The van der Waals surface area contributed by atoms with E-state index in [-0.39, 0.29) is 11.8 Å². The van der Waals surface area contributed by atoms with Gasteiger partial charge in [0.1, 0.15) is 0 Å². The van der Waals surface area contributed by atoms with Crippen molar-refractivity contribution in [1.29, 1.82) is 0 Å². The van der Waals surface area contributed by atoms with Gasteiger partial charge in [0, 0.05) is 11.4 Å². The van der Waals surface area contributed by atoms with Crippen molar-refractivity contribution in [3.05, 3.63) is 11.5 Å². The fourth-order valence-corrected chi connectivity index (χ4v) is 2.81. The third-order valence-electron chi connectivity index (χ3n) is 2.19. The summed E-state index contributed by atoms with van der Waals surface area (Å²) in [7, 11) is -2.88. The van der Waals surface area contributed by atoms with Gasteiger partial charge in [0.25, 0.3) is 0 Å². The predicted octanol–water partition coefficient (Wildman–Crippen LogP) is 0.639. The molecule has 0 saturated carbocycles. The molecule has 1 aliphatic heterocycles. The van der Waals surface area contributed by atoms with Gasteiger partial charge in [-0.3, -0.25) is 4.90 Å². The van der Waals surface area contributed by atoms with Gasteiger partial charge in [-0.05, 0) is 13.1 Å². The second kappa shape index (κ2) is 3.58. The lowest BCUT2D eigenvalue weighted by Gasteiger charge is -2.23. The number of nitrogens with zero attached hydrogens (tertiary/aromatic N) is 1. The molecule has 1 unspecified atom stereocenters. The molecule has 1 aliphatic rings. The Morgan fingerprint density at radius 3 is 2.33 bits per heavy atom. The van der Waals surface area contributed by atoms with Crippen molar-refractivity contribution in [2.45, 2.75) is 19.9 Å². The van der Waals surface area contributed by atoms with Crippen LogP contribution >= 0.6 is 0 Å². The van der Waals surface area contributed by atoms with Crippen LogP contribution < -0.4 is 0 Å². The zero-order valence-corrected chi connectivity index (χ0v) is 8.34. The summed E-state index contributed by atoms with van der Waals surface area (Å²) >= 11 is 0. The molecule has 4 heteroatoms. The third kappa shape index (κ3) is 2.08. The van der Waals surface area contributed by atoms with Gasteiger partial charge >= 0.3 is 0 Å². The van der Waals surface area contributed by atoms with Gasteiger partial charge in [0.05, 0.1) is 5.75 Å². The third-order valence-corrected chi connectivity index (χ3v) is 3.57. The molecule has 0 aromatic carbocycles. The summed E-state index contributed by atoms with van der Waals surface area (Å²) in [5.41, 5.74) is 0. The summed E-state index contributed by atoms with van der Waals surface area (Å²) in [6.45, 7) is 5.90. The molecule has 0 aromatic rings. The lowest BCUT2D eigenvalue weighted by Crippen LogP contribution is -2.35. The fraction of sp³-hybridized carbons (Fsp3) is 0.750. The van der Waals surface area contributed by atoms with Crippen LogP contribution in [-0.2, 0) is 9.84 Å². The molecular formula is C8H15NO2S. The van der Waals surface area contributed by atoms with E-state index in [2.05, 4.69) is 4.90 Å². The zero-order valence-electron chi connectivity index (χ0n) is 7.53. The predicted molar refractivity (Wildman–Crippen MR) is 49.6 cm³/mol. The Labute approximate surface area is 74.0 Å². The van der Waals surface area contributed by atoms with Gasteiger partial charge in [-0.25, -0.2) is 8.42 Å². The van der Waals surface area contributed by atoms with Crippen molar-refractivity contribution >= 4 is 9.84 Å². The summed E-state index contributed by atoms with van der Waals surface area (Å²) in [5.74, 6) is 0.259. The molecule has 12 heavy (non-hydrogen) atoms. The van der Waals surface area contributed by atoms with Crippen molar-refractivity contribution in [3.63, 3.8) is 0 Å². The molecule has 3 nitrogen and oxygen atoms in total. The Bertz CT molecular complexity index is 265. The number of likely N-dealkylation sites (N-methyl/N-ethyl adjacent to an activating group) is 1. The van der Waals surface area contributed by atoms with Gasteiger partial charge in [0.2, 0.25) is 0 Å². The van der Waals surface area contributed by atoms with Crippen LogP contribution in [-0.4, -0.2) is 38.2 Å². The van der Waals surface area contributed by atoms with Crippen LogP contribution in [0.3, 0.4) is 0 Å². The summed E-state index contributed by atoms with van der Waals surface area (Å²) in [4.78, 5) is 2.14. The molecule has 0 spiro atoms. The van der Waals surface area contributed by atoms with Crippen molar-refractivity contribution in [2.75, 3.05) is 18.8 Å². The monoisotopic (exact) mass is 189 g/mol. The van der Waals surface area contributed by atoms with E-state index in [1.165, 1.54) is 5.41 Å². The first-order valence-electron chi connectivity index (χ1n) is 4.24. The van der Waals surface area contributed by atoms with E-state index in [0.717, 1.165) is 13.1 Å². The summed E-state index contributed by atoms with van der Waals surface area (Å²) in [6.07, 6.45) is 1.78. The van der Waals surface area contributed by atoms with Gasteiger partial charge in [-0.15, -0.1) is 0 Å². The van der Waals surface area contributed by atoms with Crippen molar-refractivity contribution < 1.29 is 8.42 Å². The summed E-state index contributed by atoms with van der Waals surface area (Å²) < 4.78 is 22.1. The molecule has 0 N–H and O–H groups in total. The fourth-order valence-electron chi connectivity index (χ4n) is 1.48. The first-order chi connectivity index (χ1) is 5.59. The van der Waals surface area contributed by atoms with Gasteiger partial charge in [-0.1, -0.05) is 19.9 Å². The van der Waals surface area contributed by atoms with Crippen LogP contribution in [0, 0.1) is 0 Å². The second-order valence-electron chi connectivity index (χ2n) is 2.95. The molecule has 0 saturated heterocycles. The molecule has 0 amide bonds. The summed E-state index contributed by atoms with van der Waals surface area (Å²) in [5, 5.41) is 1.33. The van der Waals surface area contributed by atoms with E-state index in [4.69, 9.17) is 0 Å². The maximum atomic E-state index is 11.1. The van der Waals surface area contributed by atoms with Crippen LogP contribution in [0.25, 0.3) is 0 Å². The van der Waals surface area contributed by atoms with E-state index in [0.29, 0.717) is 0 Å². The van der Waals surface area contributed by atoms with Gasteiger partial charge < -0.3 is 0 Å². The SMILES string of the molecule is CCN(CC)C1C=CS(=O)(=O)C1. The quantitative estimate of drug-likeness (QED) is 0.654. The molecule has 0 bridgehead atoms. The Hall–Kier alpha value is -0.350. The largest absolute Gasteiger partial charge is 0.296 e. The topological polar surface area (TPSA) is 37.4 Å². The number of hydrogen-bond donors (Lipinski definition) is 0. The number of rotatable bonds is 3. The molecule has 1 atom stereocenters. The zero-order chi connectivity index (χ0) is 9.19. The van der Waals surface area contributed by atoms with Crippen molar-refractivity contribution in [3.8, 4) is 0 Å². The standard InChI is InChI=1S/C8H15NO2S/c1-3-9(4-2)8-5-6-12(10,11)7-8/h5-6,8H,3-4,7H2,1-2H3.